The summed E-state index contributed by atoms with van der Waals surface area (Å²) >= 11 is 1.64. The molecule has 0 aromatic carbocycles. The molecule has 1 aromatic rings. The number of nitrogens with two attached hydrogens (primary N) is 1. The Morgan fingerprint density at radius 2 is 2.39 bits per heavy atom. The van der Waals surface area contributed by atoms with E-state index in [9.17, 15) is 0 Å². The molecule has 3 N–H and O–H groups in total. The first-order valence-electron chi connectivity index (χ1n) is 5.71. The molecule has 5 heteroatoms. The Hall–Kier alpha value is -1.59. The SMILES string of the molecule is C=Cc1cc(N=C)c(N(CCNC)/C(C)=C\N)s1. The van der Waals surface area contributed by atoms with Gasteiger partial charge >= 0.3 is 0 Å². The third-order valence-electron chi connectivity index (χ3n) is 2.58. The van der Waals surface area contributed by atoms with Crippen molar-refractivity contribution < 1.29 is 0 Å². The summed E-state index contributed by atoms with van der Waals surface area (Å²) in [4.78, 5) is 7.28. The Bertz CT molecular complexity index is 448. The van der Waals surface area contributed by atoms with Crippen LogP contribution >= 0.6 is 11.3 Å². The Morgan fingerprint density at radius 3 is 2.89 bits per heavy atom. The van der Waals surface area contributed by atoms with E-state index in [4.69, 9.17) is 5.73 Å². The third-order valence-corrected chi connectivity index (χ3v) is 3.72. The van der Waals surface area contributed by atoms with Crippen LogP contribution in [0.1, 0.15) is 11.8 Å². The monoisotopic (exact) mass is 264 g/mol. The quantitative estimate of drug-likeness (QED) is 0.744. The molecular formula is C13H20N4S. The molecule has 0 aliphatic rings. The highest BCUT2D eigenvalue weighted by Gasteiger charge is 2.15. The number of allylic oxidation sites excluding steroid dienone is 1. The maximum atomic E-state index is 5.63. The average Bonchev–Trinajstić information content (AvgIpc) is 2.82. The van der Waals surface area contributed by atoms with Gasteiger partial charge in [-0.25, -0.2) is 0 Å². The van der Waals surface area contributed by atoms with Crippen molar-refractivity contribution in [1.29, 1.82) is 0 Å². The summed E-state index contributed by atoms with van der Waals surface area (Å²) in [6.07, 6.45) is 3.43. The second-order valence-electron chi connectivity index (χ2n) is 3.76. The Kier molecular flexibility index (Phi) is 5.61. The first-order chi connectivity index (χ1) is 8.67. The van der Waals surface area contributed by atoms with Crippen LogP contribution in [0.5, 0.6) is 0 Å². The molecule has 0 unspecified atom stereocenters. The smallest absolute Gasteiger partial charge is 0.122 e. The minimum atomic E-state index is 0.829. The topological polar surface area (TPSA) is 53.6 Å². The van der Waals surface area contributed by atoms with Gasteiger partial charge in [-0.3, -0.25) is 4.99 Å². The van der Waals surface area contributed by atoms with E-state index in [1.165, 1.54) is 0 Å². The van der Waals surface area contributed by atoms with E-state index in [0.29, 0.717) is 0 Å². The lowest BCUT2D eigenvalue weighted by Crippen LogP contribution is -2.29. The molecular weight excluding hydrogens is 244 g/mol. The Labute approximate surface area is 113 Å². The van der Waals surface area contributed by atoms with Crippen molar-refractivity contribution in [3.05, 3.63) is 29.4 Å². The summed E-state index contributed by atoms with van der Waals surface area (Å²) in [7, 11) is 1.93. The minimum absolute atomic E-state index is 0.829. The fourth-order valence-corrected chi connectivity index (χ4v) is 2.60. The number of nitrogens with zero attached hydrogens (tertiary/aromatic N) is 2. The van der Waals surface area contributed by atoms with E-state index in [0.717, 1.165) is 34.4 Å². The largest absolute Gasteiger partial charge is 0.403 e. The number of likely N-dealkylation sites (N-methyl/N-ethyl adjacent to an activating group) is 1. The maximum absolute atomic E-state index is 5.63. The van der Waals surface area contributed by atoms with Gasteiger partial charge in [0.2, 0.25) is 0 Å². The highest BCUT2D eigenvalue weighted by Crippen LogP contribution is 2.39. The van der Waals surface area contributed by atoms with E-state index in [1.807, 2.05) is 26.1 Å². The highest BCUT2D eigenvalue weighted by molar-refractivity contribution is 7.17. The second-order valence-corrected chi connectivity index (χ2v) is 4.83. The summed E-state index contributed by atoms with van der Waals surface area (Å²) in [6, 6.07) is 1.98. The van der Waals surface area contributed by atoms with Crippen molar-refractivity contribution >= 4 is 34.8 Å². The fourth-order valence-electron chi connectivity index (χ4n) is 1.55. The van der Waals surface area contributed by atoms with Crippen molar-refractivity contribution in [3.63, 3.8) is 0 Å². The molecule has 4 nitrogen and oxygen atoms in total. The molecule has 1 rings (SSSR count). The molecule has 0 saturated heterocycles. The van der Waals surface area contributed by atoms with Crippen LogP contribution < -0.4 is 16.0 Å². The van der Waals surface area contributed by atoms with Crippen LogP contribution in [0.3, 0.4) is 0 Å². The van der Waals surface area contributed by atoms with E-state index >= 15 is 0 Å². The number of anilines is 1. The van der Waals surface area contributed by atoms with E-state index in [2.05, 4.69) is 28.5 Å². The summed E-state index contributed by atoms with van der Waals surface area (Å²) in [5.41, 5.74) is 7.49. The number of aliphatic imine (C=N–C) groups is 1. The first-order valence-corrected chi connectivity index (χ1v) is 6.53. The van der Waals surface area contributed by atoms with Crippen LogP contribution in [0.2, 0.25) is 0 Å². The lowest BCUT2D eigenvalue weighted by Gasteiger charge is -2.24. The molecule has 0 amide bonds. The van der Waals surface area contributed by atoms with Gasteiger partial charge in [0.1, 0.15) is 5.00 Å². The minimum Gasteiger partial charge on any atom is -0.403 e. The zero-order valence-corrected chi connectivity index (χ0v) is 11.8. The van der Waals surface area contributed by atoms with E-state index < -0.39 is 0 Å². The Balaban J connectivity index is 3.14. The molecule has 0 bridgehead atoms. The highest BCUT2D eigenvalue weighted by atomic mass is 32.1. The van der Waals surface area contributed by atoms with Crippen LogP contribution in [0.15, 0.2) is 29.5 Å². The molecule has 0 fully saturated rings. The maximum Gasteiger partial charge on any atom is 0.122 e. The molecule has 0 aliphatic heterocycles. The van der Waals surface area contributed by atoms with Gasteiger partial charge in [-0.05, 0) is 26.8 Å². The molecule has 1 heterocycles. The second kappa shape index (κ2) is 6.98. The van der Waals surface area contributed by atoms with Gasteiger partial charge in [0.25, 0.3) is 0 Å². The van der Waals surface area contributed by atoms with Crippen LogP contribution in [0.25, 0.3) is 6.08 Å². The lowest BCUT2D eigenvalue weighted by molar-refractivity contribution is 0.769. The number of nitrogens with one attached hydrogen (secondary N) is 1. The summed E-state index contributed by atoms with van der Waals surface area (Å²) in [6.45, 7) is 11.1. The van der Waals surface area contributed by atoms with Crippen molar-refractivity contribution in [2.45, 2.75) is 6.92 Å². The summed E-state index contributed by atoms with van der Waals surface area (Å²) in [5, 5.41) is 4.18. The van der Waals surface area contributed by atoms with Gasteiger partial charge in [-0.15, -0.1) is 11.3 Å². The zero-order chi connectivity index (χ0) is 13.5. The zero-order valence-electron chi connectivity index (χ0n) is 10.9. The molecule has 0 atom stereocenters. The van der Waals surface area contributed by atoms with Gasteiger partial charge in [-0.1, -0.05) is 12.7 Å². The van der Waals surface area contributed by atoms with Crippen molar-refractivity contribution in [2.24, 2.45) is 10.7 Å². The van der Waals surface area contributed by atoms with Crippen LogP contribution in [-0.4, -0.2) is 26.9 Å². The van der Waals surface area contributed by atoms with Gasteiger partial charge < -0.3 is 16.0 Å². The average molecular weight is 264 g/mol. The van der Waals surface area contributed by atoms with Crippen LogP contribution in [0.4, 0.5) is 10.7 Å². The van der Waals surface area contributed by atoms with Crippen LogP contribution in [0, 0.1) is 0 Å². The summed E-state index contributed by atoms with van der Waals surface area (Å²) in [5.74, 6) is 0. The van der Waals surface area contributed by atoms with E-state index in [-0.39, 0.29) is 0 Å². The predicted octanol–water partition coefficient (Wildman–Crippen LogP) is 2.57. The third kappa shape index (κ3) is 3.21. The molecule has 0 radical (unpaired) electrons. The van der Waals surface area contributed by atoms with Gasteiger partial charge in [0, 0.05) is 29.9 Å². The fraction of sp³-hybridized carbons (Fsp3) is 0.308. The van der Waals surface area contributed by atoms with Crippen molar-refractivity contribution in [2.75, 3.05) is 25.0 Å². The normalized spacial score (nSPS) is 11.3. The first kappa shape index (κ1) is 14.5. The number of hydrogen-bond donors (Lipinski definition) is 2. The molecule has 0 spiro atoms. The molecule has 18 heavy (non-hydrogen) atoms. The van der Waals surface area contributed by atoms with Gasteiger partial charge in [0.05, 0.1) is 5.69 Å². The van der Waals surface area contributed by atoms with Crippen LogP contribution in [-0.2, 0) is 0 Å². The van der Waals surface area contributed by atoms with Crippen molar-refractivity contribution in [1.82, 2.24) is 5.32 Å². The lowest BCUT2D eigenvalue weighted by atomic mass is 10.3. The van der Waals surface area contributed by atoms with E-state index in [1.54, 1.807) is 17.5 Å². The number of hydrogen-bond acceptors (Lipinski definition) is 5. The standard InChI is InChI=1S/C13H20N4S/c1-5-11-8-12(16-4)13(18-11)17(7-6-15-3)10(2)9-14/h5,8-9,15H,1,4,6-7,14H2,2-3H3/b10-9-. The summed E-state index contributed by atoms with van der Waals surface area (Å²) < 4.78 is 0. The number of rotatable bonds is 7. The predicted molar refractivity (Wildman–Crippen MR) is 82.8 cm³/mol. The van der Waals surface area contributed by atoms with Gasteiger partial charge in [0.15, 0.2) is 0 Å². The molecule has 1 aromatic heterocycles. The number of thiophene rings is 1. The van der Waals surface area contributed by atoms with Crippen molar-refractivity contribution in [3.8, 4) is 0 Å². The van der Waals surface area contributed by atoms with Gasteiger partial charge in [-0.2, -0.15) is 0 Å². The molecule has 0 saturated carbocycles. The Morgan fingerprint density at radius 1 is 1.67 bits per heavy atom. The molecule has 0 aliphatic carbocycles. The molecule has 98 valence electrons.